The summed E-state index contributed by atoms with van der Waals surface area (Å²) < 4.78 is 2.93. The van der Waals surface area contributed by atoms with Crippen molar-refractivity contribution in [2.24, 2.45) is 0 Å². The lowest BCUT2D eigenvalue weighted by molar-refractivity contribution is -0.129. The number of hydrogen-bond acceptors (Lipinski definition) is 5. The lowest BCUT2D eigenvalue weighted by Crippen LogP contribution is -2.43. The monoisotopic (exact) mass is 368 g/mol. The van der Waals surface area contributed by atoms with Gasteiger partial charge in [-0.2, -0.15) is 5.10 Å². The number of aryl methyl sites for hydroxylation is 3. The van der Waals surface area contributed by atoms with E-state index < -0.39 is 5.91 Å². The smallest absolute Gasteiger partial charge is 0.261 e. The van der Waals surface area contributed by atoms with Gasteiger partial charge in [0.1, 0.15) is 6.54 Å². The molecule has 1 aromatic carbocycles. The van der Waals surface area contributed by atoms with Crippen LogP contribution in [0.1, 0.15) is 17.8 Å². The fraction of sp³-hybridized carbons (Fsp3) is 0.278. The van der Waals surface area contributed by atoms with E-state index in [1.807, 2.05) is 19.9 Å². The Morgan fingerprint density at radius 1 is 1.11 bits per heavy atom. The van der Waals surface area contributed by atoms with Gasteiger partial charge in [-0.25, -0.2) is 4.98 Å². The van der Waals surface area contributed by atoms with Crippen molar-refractivity contribution in [3.63, 3.8) is 0 Å². The first-order chi connectivity index (χ1) is 12.9. The molecular formula is C18H20N6O3. The Bertz CT molecular complexity index is 1050. The number of amides is 2. The summed E-state index contributed by atoms with van der Waals surface area (Å²) in [5, 5.41) is 4.68. The number of benzene rings is 1. The second kappa shape index (κ2) is 7.81. The Balaban J connectivity index is 1.51. The lowest BCUT2D eigenvalue weighted by atomic mass is 10.2. The van der Waals surface area contributed by atoms with Gasteiger partial charge in [-0.05, 0) is 32.0 Å². The summed E-state index contributed by atoms with van der Waals surface area (Å²) in [7, 11) is 0. The number of hydrogen-bond donors (Lipinski definition) is 2. The first-order valence-electron chi connectivity index (χ1n) is 8.47. The maximum atomic E-state index is 12.4. The number of nitrogens with zero attached hydrogens (tertiary/aromatic N) is 4. The summed E-state index contributed by atoms with van der Waals surface area (Å²) >= 11 is 0. The summed E-state index contributed by atoms with van der Waals surface area (Å²) in [6.07, 6.45) is 1.44. The van der Waals surface area contributed by atoms with Gasteiger partial charge in [0.05, 0.1) is 22.9 Å². The maximum absolute atomic E-state index is 12.4. The van der Waals surface area contributed by atoms with Crippen molar-refractivity contribution in [1.82, 2.24) is 30.2 Å². The lowest BCUT2D eigenvalue weighted by Gasteiger charge is -2.09. The van der Waals surface area contributed by atoms with E-state index in [1.54, 1.807) is 28.9 Å². The van der Waals surface area contributed by atoms with E-state index in [4.69, 9.17) is 0 Å². The van der Waals surface area contributed by atoms with Crippen LogP contribution in [0.5, 0.6) is 0 Å². The topological polar surface area (TPSA) is 111 Å². The van der Waals surface area contributed by atoms with Crippen molar-refractivity contribution in [1.29, 1.82) is 0 Å². The minimum atomic E-state index is -0.406. The van der Waals surface area contributed by atoms with Crippen LogP contribution in [0.25, 0.3) is 10.9 Å². The zero-order valence-electron chi connectivity index (χ0n) is 15.1. The highest BCUT2D eigenvalue weighted by molar-refractivity contribution is 5.82. The number of rotatable bonds is 5. The Morgan fingerprint density at radius 2 is 1.85 bits per heavy atom. The minimum absolute atomic E-state index is 0.00794. The molecule has 0 aliphatic rings. The second-order valence-electron chi connectivity index (χ2n) is 6.19. The molecule has 140 valence electrons. The van der Waals surface area contributed by atoms with Crippen molar-refractivity contribution in [2.75, 3.05) is 0 Å². The Morgan fingerprint density at radius 3 is 2.59 bits per heavy atom. The van der Waals surface area contributed by atoms with Crippen molar-refractivity contribution in [3.05, 3.63) is 58.4 Å². The van der Waals surface area contributed by atoms with Crippen LogP contribution in [0.15, 0.2) is 41.5 Å². The highest BCUT2D eigenvalue weighted by atomic mass is 16.2. The zero-order valence-corrected chi connectivity index (χ0v) is 15.1. The van der Waals surface area contributed by atoms with Gasteiger partial charge in [-0.3, -0.25) is 34.5 Å². The second-order valence-corrected chi connectivity index (χ2v) is 6.19. The third kappa shape index (κ3) is 4.38. The molecule has 3 aromatic rings. The Hall–Kier alpha value is -3.49. The largest absolute Gasteiger partial charge is 0.298 e. The van der Waals surface area contributed by atoms with E-state index in [1.165, 1.54) is 10.9 Å². The summed E-state index contributed by atoms with van der Waals surface area (Å²) in [5.74, 6) is -0.795. The van der Waals surface area contributed by atoms with Gasteiger partial charge in [0, 0.05) is 18.7 Å². The molecule has 2 aromatic heterocycles. The molecule has 0 unspecified atom stereocenters. The highest BCUT2D eigenvalue weighted by Crippen LogP contribution is 2.04. The molecule has 0 radical (unpaired) electrons. The fourth-order valence-corrected chi connectivity index (χ4v) is 2.70. The van der Waals surface area contributed by atoms with E-state index in [0.29, 0.717) is 10.9 Å². The van der Waals surface area contributed by atoms with Gasteiger partial charge >= 0.3 is 0 Å². The van der Waals surface area contributed by atoms with Crippen LogP contribution in [-0.2, 0) is 22.7 Å². The Labute approximate surface area is 155 Å². The molecule has 3 rings (SSSR count). The maximum Gasteiger partial charge on any atom is 0.261 e. The predicted octanol–water partition coefficient (Wildman–Crippen LogP) is 0.448. The minimum Gasteiger partial charge on any atom is -0.298 e. The molecule has 0 saturated heterocycles. The molecule has 0 bridgehead atoms. The molecule has 2 N–H and O–H groups in total. The number of fused-ring (bicyclic) bond motifs is 1. The molecule has 0 fully saturated rings. The van der Waals surface area contributed by atoms with Crippen LogP contribution >= 0.6 is 0 Å². The molecule has 0 atom stereocenters. The number of carbonyl (C=O) groups is 2. The molecule has 27 heavy (non-hydrogen) atoms. The van der Waals surface area contributed by atoms with E-state index in [0.717, 1.165) is 11.4 Å². The first-order valence-corrected chi connectivity index (χ1v) is 8.47. The Kier molecular flexibility index (Phi) is 5.30. The number of nitrogens with one attached hydrogen (secondary N) is 2. The quantitative estimate of drug-likeness (QED) is 0.635. The van der Waals surface area contributed by atoms with E-state index in [9.17, 15) is 14.4 Å². The average molecular weight is 368 g/mol. The standard InChI is InChI=1S/C18H20N6O3/c1-12-9-13(2)24(22-12)10-17(26)21-20-16(25)7-8-23-11-19-15-6-4-3-5-14(15)18(23)27/h3-6,9,11H,7-8,10H2,1-2H3,(H,20,25)(H,21,26). The van der Waals surface area contributed by atoms with Gasteiger partial charge in [0.15, 0.2) is 0 Å². The summed E-state index contributed by atoms with van der Waals surface area (Å²) in [6, 6.07) is 8.88. The van der Waals surface area contributed by atoms with Crippen LogP contribution < -0.4 is 16.4 Å². The van der Waals surface area contributed by atoms with E-state index >= 15 is 0 Å². The molecular weight excluding hydrogens is 348 g/mol. The van der Waals surface area contributed by atoms with Crippen molar-refractivity contribution < 1.29 is 9.59 Å². The summed E-state index contributed by atoms with van der Waals surface area (Å²) in [5.41, 5.74) is 6.77. The molecule has 0 spiro atoms. The van der Waals surface area contributed by atoms with E-state index in [-0.39, 0.29) is 31.0 Å². The van der Waals surface area contributed by atoms with Crippen molar-refractivity contribution in [2.45, 2.75) is 33.4 Å². The molecule has 9 nitrogen and oxygen atoms in total. The average Bonchev–Trinajstić information content (AvgIpc) is 2.96. The van der Waals surface area contributed by atoms with Gasteiger partial charge in [-0.15, -0.1) is 0 Å². The SMILES string of the molecule is Cc1cc(C)n(CC(=O)NNC(=O)CCn2cnc3ccccc3c2=O)n1. The van der Waals surface area contributed by atoms with Gasteiger partial charge in [-0.1, -0.05) is 12.1 Å². The summed E-state index contributed by atoms with van der Waals surface area (Å²) in [6.45, 7) is 3.86. The number of hydrazine groups is 1. The first kappa shape index (κ1) is 18.3. The van der Waals surface area contributed by atoms with Gasteiger partial charge < -0.3 is 0 Å². The third-order valence-electron chi connectivity index (χ3n) is 4.05. The fourth-order valence-electron chi connectivity index (χ4n) is 2.70. The number of carbonyl (C=O) groups excluding carboxylic acids is 2. The van der Waals surface area contributed by atoms with Crippen LogP contribution in [0.4, 0.5) is 0 Å². The number of aromatic nitrogens is 4. The number of para-hydroxylation sites is 1. The molecule has 0 aliphatic carbocycles. The molecule has 9 heteroatoms. The van der Waals surface area contributed by atoms with Crippen LogP contribution in [0.2, 0.25) is 0 Å². The van der Waals surface area contributed by atoms with Crippen LogP contribution in [-0.4, -0.2) is 31.1 Å². The van der Waals surface area contributed by atoms with Crippen LogP contribution in [0.3, 0.4) is 0 Å². The van der Waals surface area contributed by atoms with Crippen molar-refractivity contribution >= 4 is 22.7 Å². The van der Waals surface area contributed by atoms with Gasteiger partial charge in [0.25, 0.3) is 11.5 Å². The molecule has 0 saturated carbocycles. The molecule has 2 amide bonds. The molecule has 0 aliphatic heterocycles. The highest BCUT2D eigenvalue weighted by Gasteiger charge is 2.09. The van der Waals surface area contributed by atoms with Gasteiger partial charge in [0.2, 0.25) is 5.91 Å². The third-order valence-corrected chi connectivity index (χ3v) is 4.05. The molecule has 2 heterocycles. The van der Waals surface area contributed by atoms with E-state index in [2.05, 4.69) is 20.9 Å². The normalized spacial score (nSPS) is 10.7. The van der Waals surface area contributed by atoms with Crippen molar-refractivity contribution in [3.8, 4) is 0 Å². The zero-order chi connectivity index (χ0) is 19.4. The predicted molar refractivity (Wildman–Crippen MR) is 98.6 cm³/mol. The summed E-state index contributed by atoms with van der Waals surface area (Å²) in [4.78, 5) is 40.4. The van der Waals surface area contributed by atoms with Crippen LogP contribution in [0, 0.1) is 13.8 Å².